The molecule has 0 aliphatic carbocycles. The number of nitrogens with zero attached hydrogens (tertiary/aromatic N) is 2. The maximum absolute atomic E-state index is 12.6. The Morgan fingerprint density at radius 2 is 1.77 bits per heavy atom. The van der Waals surface area contributed by atoms with Crippen LogP contribution in [0.25, 0.3) is 11.0 Å². The van der Waals surface area contributed by atoms with Crippen molar-refractivity contribution >= 4 is 22.5 Å². The Bertz CT molecular complexity index is 764. The van der Waals surface area contributed by atoms with Crippen molar-refractivity contribution in [3.05, 3.63) is 48.2 Å². The summed E-state index contributed by atoms with van der Waals surface area (Å²) < 4.78 is 48.1. The minimum absolute atomic E-state index is 0.0815. The van der Waals surface area contributed by atoms with Gasteiger partial charge in [0.25, 0.3) is 0 Å². The highest BCUT2D eigenvalue weighted by atomic mass is 19.4. The van der Waals surface area contributed by atoms with Gasteiger partial charge in [-0.1, -0.05) is 0 Å². The number of hydrogen-bond acceptors (Lipinski definition) is 4. The number of fused-ring (bicyclic) bond motifs is 1. The first-order chi connectivity index (χ1) is 10.3. The van der Waals surface area contributed by atoms with Crippen LogP contribution < -0.4 is 11.5 Å². The van der Waals surface area contributed by atoms with E-state index in [0.717, 1.165) is 18.3 Å². The monoisotopic (exact) mass is 313 g/mol. The molecule has 0 atom stereocenters. The van der Waals surface area contributed by atoms with Gasteiger partial charge in [-0.2, -0.15) is 13.2 Å². The van der Waals surface area contributed by atoms with Crippen LogP contribution in [-0.2, 0) is 6.18 Å². The van der Waals surface area contributed by atoms with Crippen LogP contribution in [0.1, 0.15) is 5.56 Å². The molecule has 5 nitrogen and oxygen atoms in total. The lowest BCUT2D eigenvalue weighted by Gasteiger charge is -2.04. The minimum atomic E-state index is -4.33. The van der Waals surface area contributed by atoms with Gasteiger partial charge in [-0.25, -0.2) is 14.4 Å². The van der Waals surface area contributed by atoms with Gasteiger partial charge in [-0.3, -0.25) is 0 Å². The van der Waals surface area contributed by atoms with Crippen molar-refractivity contribution in [3.8, 4) is 0 Å². The average molecular weight is 313 g/mol. The fraction of sp³-hybridized carbons (Fsp3) is 0.0769. The highest BCUT2D eigenvalue weighted by Crippen LogP contribution is 2.28. The zero-order chi connectivity index (χ0) is 16.3. The molecule has 0 saturated heterocycles. The van der Waals surface area contributed by atoms with E-state index in [-0.39, 0.29) is 11.6 Å². The van der Waals surface area contributed by atoms with E-state index in [1.165, 1.54) is 6.07 Å². The van der Waals surface area contributed by atoms with Gasteiger partial charge >= 0.3 is 6.18 Å². The number of hydrogen-bond donors (Lipinski definition) is 3. The van der Waals surface area contributed by atoms with E-state index in [1.54, 1.807) is 6.20 Å². The van der Waals surface area contributed by atoms with E-state index in [9.17, 15) is 17.6 Å². The summed E-state index contributed by atoms with van der Waals surface area (Å²) in [7, 11) is 0. The average Bonchev–Trinajstić information content (AvgIpc) is 2.80. The van der Waals surface area contributed by atoms with Crippen molar-refractivity contribution in [1.29, 1.82) is 0 Å². The SMILES string of the molecule is Nc1c[nH]c2ncc(F)cc12.Nc1ccc(C(F)(F)F)cn1. The normalized spacial score (nSPS) is 11.1. The number of pyridine rings is 2. The maximum atomic E-state index is 12.6. The summed E-state index contributed by atoms with van der Waals surface area (Å²) in [6, 6.07) is 3.36. The number of aromatic amines is 1. The second-order valence-corrected chi connectivity index (χ2v) is 4.26. The Hall–Kier alpha value is -2.84. The van der Waals surface area contributed by atoms with Gasteiger partial charge in [0.2, 0.25) is 0 Å². The lowest BCUT2D eigenvalue weighted by atomic mass is 10.3. The Balaban J connectivity index is 0.000000160. The summed E-state index contributed by atoms with van der Waals surface area (Å²) in [5, 5.41) is 0.630. The molecular formula is C13H11F4N5. The van der Waals surface area contributed by atoms with Crippen LogP contribution in [0.4, 0.5) is 29.1 Å². The zero-order valence-electron chi connectivity index (χ0n) is 11.0. The van der Waals surface area contributed by atoms with Gasteiger partial charge in [0, 0.05) is 17.8 Å². The molecule has 0 unspecified atom stereocenters. The third kappa shape index (κ3) is 3.62. The molecular weight excluding hydrogens is 302 g/mol. The molecule has 3 heterocycles. The van der Waals surface area contributed by atoms with E-state index < -0.39 is 11.7 Å². The van der Waals surface area contributed by atoms with Crippen LogP contribution in [-0.4, -0.2) is 15.0 Å². The van der Waals surface area contributed by atoms with Crippen LogP contribution >= 0.6 is 0 Å². The maximum Gasteiger partial charge on any atom is 0.417 e. The zero-order valence-corrected chi connectivity index (χ0v) is 11.0. The number of alkyl halides is 3. The van der Waals surface area contributed by atoms with Crippen LogP contribution in [0.2, 0.25) is 0 Å². The molecule has 0 aromatic carbocycles. The molecule has 116 valence electrons. The molecule has 0 radical (unpaired) electrons. The largest absolute Gasteiger partial charge is 0.417 e. The summed E-state index contributed by atoms with van der Waals surface area (Å²) in [5.74, 6) is -0.290. The second kappa shape index (κ2) is 5.88. The number of halogens is 4. The van der Waals surface area contributed by atoms with E-state index in [2.05, 4.69) is 15.0 Å². The van der Waals surface area contributed by atoms with Gasteiger partial charge in [-0.05, 0) is 18.2 Å². The summed E-state index contributed by atoms with van der Waals surface area (Å²) >= 11 is 0. The van der Waals surface area contributed by atoms with Crippen LogP contribution in [0, 0.1) is 5.82 Å². The molecule has 5 N–H and O–H groups in total. The molecule has 3 rings (SSSR count). The number of nitrogen functional groups attached to an aromatic ring is 2. The first-order valence-electron chi connectivity index (χ1n) is 5.94. The summed E-state index contributed by atoms with van der Waals surface area (Å²) in [5.41, 5.74) is 10.9. The van der Waals surface area contributed by atoms with Gasteiger partial charge < -0.3 is 16.5 Å². The highest BCUT2D eigenvalue weighted by Gasteiger charge is 2.30. The third-order valence-corrected chi connectivity index (χ3v) is 2.64. The molecule has 0 bridgehead atoms. The number of anilines is 2. The lowest BCUT2D eigenvalue weighted by Crippen LogP contribution is -2.05. The van der Waals surface area contributed by atoms with Crippen LogP contribution in [0.3, 0.4) is 0 Å². The molecule has 0 aliphatic heterocycles. The number of rotatable bonds is 0. The van der Waals surface area contributed by atoms with Gasteiger partial charge in [0.1, 0.15) is 17.3 Å². The molecule has 0 fully saturated rings. The molecule has 9 heteroatoms. The molecule has 0 aliphatic rings. The van der Waals surface area contributed by atoms with Crippen LogP contribution in [0.5, 0.6) is 0 Å². The quantitative estimate of drug-likeness (QED) is 0.556. The molecule has 0 saturated carbocycles. The fourth-order valence-electron chi connectivity index (χ4n) is 1.57. The van der Waals surface area contributed by atoms with Crippen molar-refractivity contribution in [2.24, 2.45) is 0 Å². The highest BCUT2D eigenvalue weighted by molar-refractivity contribution is 5.88. The number of nitrogens with one attached hydrogen (secondary N) is 1. The summed E-state index contributed by atoms with van der Waals surface area (Å²) in [6.07, 6.45) is -0.884. The van der Waals surface area contributed by atoms with E-state index >= 15 is 0 Å². The predicted octanol–water partition coefficient (Wildman–Crippen LogP) is 2.97. The third-order valence-electron chi connectivity index (χ3n) is 2.64. The number of H-pyrrole nitrogens is 1. The van der Waals surface area contributed by atoms with E-state index in [0.29, 0.717) is 22.9 Å². The van der Waals surface area contributed by atoms with E-state index in [4.69, 9.17) is 11.5 Å². The van der Waals surface area contributed by atoms with Crippen molar-refractivity contribution in [3.63, 3.8) is 0 Å². The van der Waals surface area contributed by atoms with E-state index in [1.807, 2.05) is 0 Å². The molecule has 3 aromatic heterocycles. The number of nitrogens with two attached hydrogens (primary N) is 2. The van der Waals surface area contributed by atoms with Gasteiger partial charge in [0.05, 0.1) is 17.4 Å². The van der Waals surface area contributed by atoms with Crippen molar-refractivity contribution in [2.75, 3.05) is 11.5 Å². The smallest absolute Gasteiger partial charge is 0.397 e. The molecule has 22 heavy (non-hydrogen) atoms. The first kappa shape index (κ1) is 15.5. The molecule has 0 spiro atoms. The van der Waals surface area contributed by atoms with Gasteiger partial charge in [-0.15, -0.1) is 0 Å². The van der Waals surface area contributed by atoms with Gasteiger partial charge in [0.15, 0.2) is 0 Å². The second-order valence-electron chi connectivity index (χ2n) is 4.26. The van der Waals surface area contributed by atoms with Crippen molar-refractivity contribution in [2.45, 2.75) is 6.18 Å². The number of aromatic nitrogens is 3. The Morgan fingerprint density at radius 3 is 2.36 bits per heavy atom. The lowest BCUT2D eigenvalue weighted by molar-refractivity contribution is -0.137. The predicted molar refractivity (Wildman–Crippen MR) is 74.1 cm³/mol. The Kier molecular flexibility index (Phi) is 4.15. The summed E-state index contributed by atoms with van der Waals surface area (Å²) in [4.78, 5) is 9.91. The first-order valence-corrected chi connectivity index (χ1v) is 5.94. The molecule has 0 amide bonds. The summed E-state index contributed by atoms with van der Waals surface area (Å²) in [6.45, 7) is 0. The topological polar surface area (TPSA) is 93.6 Å². The fourth-order valence-corrected chi connectivity index (χ4v) is 1.57. The minimum Gasteiger partial charge on any atom is -0.397 e. The Labute approximate surface area is 122 Å². The van der Waals surface area contributed by atoms with Crippen molar-refractivity contribution < 1.29 is 17.6 Å². The van der Waals surface area contributed by atoms with Crippen LogP contribution in [0.15, 0.2) is 36.8 Å². The Morgan fingerprint density at radius 1 is 1.05 bits per heavy atom. The standard InChI is InChI=1S/C7H6FN3.C6H5F3N2/c8-4-1-5-6(9)3-11-7(5)10-2-4;7-6(8,9)4-1-2-5(10)11-3-4/h1-3H,9H2,(H,10,11);1-3H,(H2,10,11). The molecule has 3 aromatic rings. The van der Waals surface area contributed by atoms with Crippen molar-refractivity contribution in [1.82, 2.24) is 15.0 Å².